The minimum Gasteiger partial charge on any atom is -0.308 e. The van der Waals surface area contributed by atoms with Crippen molar-refractivity contribution in [1.29, 1.82) is 0 Å². The largest absolute Gasteiger partial charge is 0.308 e. The number of rotatable bonds is 5. The third-order valence-corrected chi connectivity index (χ3v) is 8.49. The fourth-order valence-corrected chi connectivity index (χ4v) is 6.69. The summed E-state index contributed by atoms with van der Waals surface area (Å²) in [5.41, 5.74) is 4.20. The van der Waals surface area contributed by atoms with Crippen LogP contribution in [-0.4, -0.2) is 35.7 Å². The van der Waals surface area contributed by atoms with Gasteiger partial charge in [0.05, 0.1) is 5.41 Å². The number of carbonyl (C=O) groups excluding carboxylic acids is 2. The van der Waals surface area contributed by atoms with E-state index in [-0.39, 0.29) is 17.7 Å². The van der Waals surface area contributed by atoms with E-state index in [4.69, 9.17) is 0 Å². The Kier molecular flexibility index (Phi) is 5.11. The third-order valence-electron chi connectivity index (χ3n) is 8.49. The Morgan fingerprint density at radius 1 is 1.00 bits per heavy atom. The molecule has 6 rings (SSSR count). The topological polar surface area (TPSA) is 40.6 Å². The van der Waals surface area contributed by atoms with Crippen LogP contribution >= 0.6 is 0 Å². The van der Waals surface area contributed by atoms with Gasteiger partial charge >= 0.3 is 0 Å². The van der Waals surface area contributed by atoms with Crippen molar-refractivity contribution in [2.24, 2.45) is 0 Å². The van der Waals surface area contributed by atoms with Crippen molar-refractivity contribution in [3.63, 3.8) is 0 Å². The van der Waals surface area contributed by atoms with Gasteiger partial charge in [0.25, 0.3) is 0 Å². The highest BCUT2D eigenvalue weighted by Gasteiger charge is 2.50. The number of ketones is 1. The maximum atomic E-state index is 13.8. The molecular weight excluding hydrogens is 420 g/mol. The quantitative estimate of drug-likeness (QED) is 0.508. The summed E-state index contributed by atoms with van der Waals surface area (Å²) < 4.78 is 0. The molecule has 3 aliphatic rings. The van der Waals surface area contributed by atoms with Crippen molar-refractivity contribution in [2.45, 2.75) is 63.5 Å². The van der Waals surface area contributed by atoms with E-state index in [0.717, 1.165) is 43.6 Å². The average molecular weight is 453 g/mol. The number of Topliss-reactive ketones (excluding diaryl/α,β-unsaturated/α-hetero) is 1. The predicted octanol–water partition coefficient (Wildman–Crippen LogP) is 5.58. The zero-order valence-electron chi connectivity index (χ0n) is 20.1. The fraction of sp³-hybridized carbons (Fsp3) is 0.400. The van der Waals surface area contributed by atoms with Crippen molar-refractivity contribution in [1.82, 2.24) is 4.90 Å². The lowest BCUT2D eigenvalue weighted by Crippen LogP contribution is -2.50. The van der Waals surface area contributed by atoms with E-state index in [1.54, 1.807) is 0 Å². The molecule has 4 nitrogen and oxygen atoms in total. The molecule has 0 N–H and O–H groups in total. The van der Waals surface area contributed by atoms with Gasteiger partial charge in [-0.25, -0.2) is 0 Å². The van der Waals surface area contributed by atoms with E-state index in [1.807, 2.05) is 36.9 Å². The van der Waals surface area contributed by atoms with E-state index < -0.39 is 5.41 Å². The second kappa shape index (κ2) is 8.06. The molecule has 34 heavy (non-hydrogen) atoms. The van der Waals surface area contributed by atoms with Crippen molar-refractivity contribution in [3.8, 4) is 0 Å². The molecule has 1 fully saturated rings. The van der Waals surface area contributed by atoms with Gasteiger partial charge in [-0.3, -0.25) is 14.5 Å². The fourth-order valence-electron chi connectivity index (χ4n) is 6.69. The number of benzene rings is 3. The molecule has 3 aromatic carbocycles. The molecule has 0 unspecified atom stereocenters. The van der Waals surface area contributed by atoms with E-state index in [1.165, 1.54) is 21.9 Å². The van der Waals surface area contributed by atoms with Gasteiger partial charge in [-0.2, -0.15) is 0 Å². The maximum absolute atomic E-state index is 13.8. The van der Waals surface area contributed by atoms with Gasteiger partial charge in [0, 0.05) is 43.7 Å². The molecule has 1 amide bonds. The number of likely N-dealkylation sites (tertiary alicyclic amines) is 1. The number of para-hydroxylation sites is 1. The van der Waals surface area contributed by atoms with E-state index >= 15 is 0 Å². The zero-order chi connectivity index (χ0) is 23.4. The first-order valence-corrected chi connectivity index (χ1v) is 12.7. The van der Waals surface area contributed by atoms with Crippen LogP contribution in [0.1, 0.15) is 62.3 Å². The molecule has 0 spiro atoms. The summed E-state index contributed by atoms with van der Waals surface area (Å²) in [6, 6.07) is 22.1. The molecule has 4 heteroatoms. The van der Waals surface area contributed by atoms with Crippen molar-refractivity contribution >= 4 is 28.2 Å². The third kappa shape index (κ3) is 3.15. The van der Waals surface area contributed by atoms with E-state index in [0.29, 0.717) is 18.9 Å². The Labute approximate surface area is 201 Å². The Bertz CT molecular complexity index is 1280. The molecular formula is C30H32N2O2. The van der Waals surface area contributed by atoms with Crippen LogP contribution in [0.15, 0.2) is 60.7 Å². The van der Waals surface area contributed by atoms with Gasteiger partial charge in [-0.05, 0) is 59.7 Å². The highest BCUT2D eigenvalue weighted by Crippen LogP contribution is 2.47. The van der Waals surface area contributed by atoms with Crippen LogP contribution in [0.5, 0.6) is 0 Å². The van der Waals surface area contributed by atoms with Crippen LogP contribution < -0.4 is 4.90 Å². The first-order chi connectivity index (χ1) is 16.5. The number of fused-ring (bicyclic) bond motifs is 1. The van der Waals surface area contributed by atoms with Crippen LogP contribution in [0.3, 0.4) is 0 Å². The molecule has 174 valence electrons. The first-order valence-electron chi connectivity index (χ1n) is 12.7. The van der Waals surface area contributed by atoms with Crippen LogP contribution in [0.2, 0.25) is 0 Å². The Morgan fingerprint density at radius 2 is 1.74 bits per heavy atom. The molecule has 1 aliphatic carbocycles. The summed E-state index contributed by atoms with van der Waals surface area (Å²) >= 11 is 0. The number of hydrogen-bond acceptors (Lipinski definition) is 3. The zero-order valence-corrected chi connectivity index (χ0v) is 20.1. The van der Waals surface area contributed by atoms with Gasteiger partial charge in [0.2, 0.25) is 5.91 Å². The molecule has 0 saturated carbocycles. The number of nitrogens with zero attached hydrogens (tertiary/aromatic N) is 2. The number of amides is 1. The lowest BCUT2D eigenvalue weighted by atomic mass is 9.79. The summed E-state index contributed by atoms with van der Waals surface area (Å²) in [4.78, 5) is 30.9. The van der Waals surface area contributed by atoms with Gasteiger partial charge < -0.3 is 4.90 Å². The molecule has 3 aromatic rings. The summed E-state index contributed by atoms with van der Waals surface area (Å²) in [5, 5.41) is 2.78. The highest BCUT2D eigenvalue weighted by molar-refractivity contribution is 6.10. The number of anilines is 1. The molecule has 1 saturated heterocycles. The van der Waals surface area contributed by atoms with Gasteiger partial charge in [0.1, 0.15) is 5.78 Å². The molecule has 2 atom stereocenters. The summed E-state index contributed by atoms with van der Waals surface area (Å²) in [6.07, 6.45) is 3.75. The van der Waals surface area contributed by atoms with Crippen LogP contribution in [0.4, 0.5) is 5.69 Å². The van der Waals surface area contributed by atoms with Crippen molar-refractivity contribution < 1.29 is 9.59 Å². The second-order valence-corrected chi connectivity index (χ2v) is 10.4. The second-order valence-electron chi connectivity index (χ2n) is 10.4. The molecule has 0 aromatic heterocycles. The van der Waals surface area contributed by atoms with Crippen LogP contribution in [-0.2, 0) is 21.4 Å². The smallest absolute Gasteiger partial charge is 0.238 e. The summed E-state index contributed by atoms with van der Waals surface area (Å²) in [6.45, 7) is 5.81. The Hall–Kier alpha value is -2.98. The van der Waals surface area contributed by atoms with Crippen molar-refractivity contribution in [2.75, 3.05) is 18.0 Å². The number of carbonyl (C=O) groups is 2. The van der Waals surface area contributed by atoms with Gasteiger partial charge in [-0.15, -0.1) is 0 Å². The molecule has 2 aliphatic heterocycles. The monoisotopic (exact) mass is 452 g/mol. The minimum absolute atomic E-state index is 0.104. The SMILES string of the molecule is CCC(=O)C[C@@]1(C)C(=O)N(C2CCN([C@@H]3Cc4cccc5cccc3c45)CC2)c2ccccc21. The normalized spacial score (nSPS) is 24.7. The maximum Gasteiger partial charge on any atom is 0.238 e. The lowest BCUT2D eigenvalue weighted by molar-refractivity contribution is -0.128. The van der Waals surface area contributed by atoms with Gasteiger partial charge in [-0.1, -0.05) is 61.5 Å². The Balaban J connectivity index is 1.23. The van der Waals surface area contributed by atoms with Crippen molar-refractivity contribution in [3.05, 3.63) is 77.4 Å². The van der Waals surface area contributed by atoms with E-state index in [2.05, 4.69) is 47.4 Å². The predicted molar refractivity (Wildman–Crippen MR) is 136 cm³/mol. The average Bonchev–Trinajstić information content (AvgIpc) is 3.34. The van der Waals surface area contributed by atoms with E-state index in [9.17, 15) is 9.59 Å². The summed E-state index contributed by atoms with van der Waals surface area (Å²) in [5.74, 6) is 0.254. The van der Waals surface area contributed by atoms with Gasteiger partial charge in [0.15, 0.2) is 0 Å². The standard InChI is InChI=1S/C30H32N2O2/c1-3-23(33)19-30(2)25-12-4-5-13-26(25)32(29(30)34)22-14-16-31(17-15-22)27-18-21-10-6-8-20-9-7-11-24(27)28(20)21/h4-13,22,27H,3,14-19H2,1-2H3/t27-,30-/m1/s1. The Morgan fingerprint density at radius 3 is 2.50 bits per heavy atom. The number of piperidine rings is 1. The molecule has 0 radical (unpaired) electrons. The first kappa shape index (κ1) is 21.5. The molecule has 0 bridgehead atoms. The highest BCUT2D eigenvalue weighted by atomic mass is 16.2. The summed E-state index contributed by atoms with van der Waals surface area (Å²) in [7, 11) is 0. The lowest BCUT2D eigenvalue weighted by Gasteiger charge is -2.40. The minimum atomic E-state index is -0.746. The van der Waals surface area contributed by atoms with Crippen LogP contribution in [0, 0.1) is 0 Å². The number of hydrogen-bond donors (Lipinski definition) is 0. The molecule has 2 heterocycles. The van der Waals surface area contributed by atoms with Crippen LogP contribution in [0.25, 0.3) is 10.8 Å².